The van der Waals surface area contributed by atoms with E-state index in [0.717, 1.165) is 10.2 Å². The van der Waals surface area contributed by atoms with Crippen molar-refractivity contribution in [2.24, 2.45) is 11.8 Å². The van der Waals surface area contributed by atoms with Crippen LogP contribution in [-0.4, -0.2) is 6.04 Å². The van der Waals surface area contributed by atoms with Crippen molar-refractivity contribution < 1.29 is 4.39 Å². The molecule has 1 aliphatic rings. The van der Waals surface area contributed by atoms with Gasteiger partial charge in [-0.1, -0.05) is 20.3 Å². The minimum absolute atomic E-state index is 0.202. The summed E-state index contributed by atoms with van der Waals surface area (Å²) < 4.78 is 13.8. The van der Waals surface area contributed by atoms with Crippen LogP contribution in [0.3, 0.4) is 0 Å². The van der Waals surface area contributed by atoms with E-state index in [1.165, 1.54) is 31.4 Å². The van der Waals surface area contributed by atoms with Crippen molar-refractivity contribution in [1.82, 2.24) is 0 Å². The summed E-state index contributed by atoms with van der Waals surface area (Å²) in [5.74, 6) is 1.15. The maximum atomic E-state index is 13.0. The van der Waals surface area contributed by atoms with Gasteiger partial charge in [-0.3, -0.25) is 0 Å². The SMILES string of the molecule is CC1CCCC(C)C1Nc1ccc(F)cc1Br. The topological polar surface area (TPSA) is 12.0 Å². The number of benzene rings is 1. The first-order valence-electron chi connectivity index (χ1n) is 6.29. The average molecular weight is 300 g/mol. The average Bonchev–Trinajstić information content (AvgIpc) is 2.26. The molecule has 94 valence electrons. The van der Waals surface area contributed by atoms with Crippen LogP contribution in [0, 0.1) is 17.7 Å². The Morgan fingerprint density at radius 2 is 1.88 bits per heavy atom. The highest BCUT2D eigenvalue weighted by atomic mass is 79.9. The van der Waals surface area contributed by atoms with Gasteiger partial charge in [-0.15, -0.1) is 0 Å². The van der Waals surface area contributed by atoms with E-state index in [2.05, 4.69) is 35.1 Å². The summed E-state index contributed by atoms with van der Waals surface area (Å²) in [6.07, 6.45) is 3.88. The number of rotatable bonds is 2. The van der Waals surface area contributed by atoms with Crippen molar-refractivity contribution in [2.75, 3.05) is 5.32 Å². The van der Waals surface area contributed by atoms with E-state index in [-0.39, 0.29) is 5.82 Å². The fraction of sp³-hybridized carbons (Fsp3) is 0.571. The molecule has 2 atom stereocenters. The van der Waals surface area contributed by atoms with Crippen LogP contribution in [-0.2, 0) is 0 Å². The lowest BCUT2D eigenvalue weighted by Gasteiger charge is -2.36. The van der Waals surface area contributed by atoms with Crippen molar-refractivity contribution in [3.63, 3.8) is 0 Å². The summed E-state index contributed by atoms with van der Waals surface area (Å²) in [7, 11) is 0. The summed E-state index contributed by atoms with van der Waals surface area (Å²) in [5.41, 5.74) is 0.997. The second-order valence-electron chi connectivity index (χ2n) is 5.18. The zero-order valence-electron chi connectivity index (χ0n) is 10.3. The van der Waals surface area contributed by atoms with Gasteiger partial charge in [0.2, 0.25) is 0 Å². The van der Waals surface area contributed by atoms with Gasteiger partial charge in [0, 0.05) is 16.2 Å². The zero-order valence-corrected chi connectivity index (χ0v) is 11.9. The standard InChI is InChI=1S/C14H19BrFN/c1-9-4-3-5-10(2)14(9)17-13-7-6-11(16)8-12(13)15/h6-10,14,17H,3-5H2,1-2H3. The van der Waals surface area contributed by atoms with Crippen LogP contribution in [0.2, 0.25) is 0 Å². The van der Waals surface area contributed by atoms with Gasteiger partial charge in [-0.2, -0.15) is 0 Å². The fourth-order valence-corrected chi connectivity index (χ4v) is 3.22. The Morgan fingerprint density at radius 1 is 1.24 bits per heavy atom. The predicted octanol–water partition coefficient (Wildman–Crippen LogP) is 4.82. The summed E-state index contributed by atoms with van der Waals surface area (Å²) in [4.78, 5) is 0. The third-order valence-corrected chi connectivity index (χ3v) is 4.45. The Morgan fingerprint density at radius 3 is 2.47 bits per heavy atom. The van der Waals surface area contributed by atoms with Gasteiger partial charge in [0.15, 0.2) is 0 Å². The number of anilines is 1. The van der Waals surface area contributed by atoms with E-state index < -0.39 is 0 Å². The van der Waals surface area contributed by atoms with Crippen LogP contribution in [0.5, 0.6) is 0 Å². The molecule has 0 aromatic heterocycles. The highest BCUT2D eigenvalue weighted by Gasteiger charge is 2.27. The van der Waals surface area contributed by atoms with Gasteiger partial charge in [0.1, 0.15) is 5.82 Å². The van der Waals surface area contributed by atoms with E-state index in [1.54, 1.807) is 0 Å². The summed E-state index contributed by atoms with van der Waals surface area (Å²) >= 11 is 3.41. The molecule has 0 saturated heterocycles. The molecule has 17 heavy (non-hydrogen) atoms. The molecule has 0 spiro atoms. The first-order valence-corrected chi connectivity index (χ1v) is 7.09. The monoisotopic (exact) mass is 299 g/mol. The molecule has 0 radical (unpaired) electrons. The number of halogens is 2. The number of hydrogen-bond donors (Lipinski definition) is 1. The molecule has 1 aliphatic carbocycles. The summed E-state index contributed by atoms with van der Waals surface area (Å²) in [5, 5.41) is 3.56. The van der Waals surface area contributed by atoms with Crippen molar-refractivity contribution in [3.05, 3.63) is 28.5 Å². The molecule has 1 aromatic carbocycles. The lowest BCUT2D eigenvalue weighted by molar-refractivity contribution is 0.268. The minimum Gasteiger partial charge on any atom is -0.381 e. The Labute approximate surface area is 111 Å². The van der Waals surface area contributed by atoms with E-state index in [9.17, 15) is 4.39 Å². The lowest BCUT2D eigenvalue weighted by atomic mass is 9.78. The normalized spacial score (nSPS) is 29.1. The largest absolute Gasteiger partial charge is 0.381 e. The van der Waals surface area contributed by atoms with Crippen LogP contribution in [0.4, 0.5) is 10.1 Å². The number of hydrogen-bond acceptors (Lipinski definition) is 1. The Bertz CT molecular complexity index is 384. The third-order valence-electron chi connectivity index (χ3n) is 3.80. The Kier molecular flexibility index (Phi) is 4.08. The van der Waals surface area contributed by atoms with Crippen LogP contribution in [0.25, 0.3) is 0 Å². The smallest absolute Gasteiger partial charge is 0.124 e. The van der Waals surface area contributed by atoms with Crippen molar-refractivity contribution in [1.29, 1.82) is 0 Å². The predicted molar refractivity (Wildman–Crippen MR) is 73.7 cm³/mol. The molecule has 0 amide bonds. The molecule has 2 unspecified atom stereocenters. The molecule has 1 saturated carbocycles. The van der Waals surface area contributed by atoms with Gasteiger partial charge in [0.05, 0.1) is 0 Å². The van der Waals surface area contributed by atoms with Gasteiger partial charge in [0.25, 0.3) is 0 Å². The summed E-state index contributed by atoms with van der Waals surface area (Å²) in [6, 6.07) is 5.32. The van der Waals surface area contributed by atoms with Gasteiger partial charge >= 0.3 is 0 Å². The molecular formula is C14H19BrFN. The lowest BCUT2D eigenvalue weighted by Crippen LogP contribution is -2.37. The Balaban J connectivity index is 2.13. The first-order chi connectivity index (χ1) is 8.08. The van der Waals surface area contributed by atoms with Crippen LogP contribution in [0.15, 0.2) is 22.7 Å². The van der Waals surface area contributed by atoms with Gasteiger partial charge in [-0.25, -0.2) is 4.39 Å². The molecule has 0 aliphatic heterocycles. The van der Waals surface area contributed by atoms with E-state index in [0.29, 0.717) is 17.9 Å². The van der Waals surface area contributed by atoms with Crippen molar-refractivity contribution in [2.45, 2.75) is 39.2 Å². The highest BCUT2D eigenvalue weighted by molar-refractivity contribution is 9.10. The number of nitrogens with one attached hydrogen (secondary N) is 1. The second-order valence-corrected chi connectivity index (χ2v) is 6.03. The molecule has 0 bridgehead atoms. The molecule has 3 heteroatoms. The van der Waals surface area contributed by atoms with Crippen molar-refractivity contribution >= 4 is 21.6 Å². The molecule has 1 aromatic rings. The van der Waals surface area contributed by atoms with E-state index >= 15 is 0 Å². The quantitative estimate of drug-likeness (QED) is 0.825. The first kappa shape index (κ1) is 12.9. The molecule has 2 rings (SSSR count). The molecule has 0 heterocycles. The van der Waals surface area contributed by atoms with Crippen molar-refractivity contribution in [3.8, 4) is 0 Å². The van der Waals surface area contributed by atoms with Gasteiger partial charge in [-0.05, 0) is 58.8 Å². The minimum atomic E-state index is -0.202. The highest BCUT2D eigenvalue weighted by Crippen LogP contribution is 2.33. The summed E-state index contributed by atoms with van der Waals surface area (Å²) in [6.45, 7) is 4.59. The molecule has 1 nitrogen and oxygen atoms in total. The maximum absolute atomic E-state index is 13.0. The molecule has 1 N–H and O–H groups in total. The van der Waals surface area contributed by atoms with Crippen LogP contribution < -0.4 is 5.32 Å². The molecule has 1 fully saturated rings. The van der Waals surface area contributed by atoms with E-state index in [4.69, 9.17) is 0 Å². The maximum Gasteiger partial charge on any atom is 0.124 e. The van der Waals surface area contributed by atoms with E-state index in [1.807, 2.05) is 6.07 Å². The fourth-order valence-electron chi connectivity index (χ4n) is 2.75. The van der Waals surface area contributed by atoms with Gasteiger partial charge < -0.3 is 5.32 Å². The second kappa shape index (κ2) is 5.38. The Hall–Kier alpha value is -0.570. The third kappa shape index (κ3) is 3.01. The van der Waals surface area contributed by atoms with Crippen LogP contribution in [0.1, 0.15) is 33.1 Å². The molecular weight excluding hydrogens is 281 g/mol. The zero-order chi connectivity index (χ0) is 12.4. The van der Waals surface area contributed by atoms with Crippen LogP contribution >= 0.6 is 15.9 Å².